The maximum atomic E-state index is 8.96. The standard InChI is InChI=1S/C7H12O3/c8-6-3-1-5(2-4-6)7(9)10/h1,3,5-10H,2,4H2. The second kappa shape index (κ2) is 3.14. The fourth-order valence-electron chi connectivity index (χ4n) is 1.08. The van der Waals surface area contributed by atoms with Crippen LogP contribution in [0.3, 0.4) is 0 Å². The molecule has 3 nitrogen and oxygen atoms in total. The van der Waals surface area contributed by atoms with E-state index in [0.717, 1.165) is 0 Å². The van der Waals surface area contributed by atoms with E-state index in [0.29, 0.717) is 12.8 Å². The van der Waals surface area contributed by atoms with Gasteiger partial charge in [-0.25, -0.2) is 0 Å². The van der Waals surface area contributed by atoms with Gasteiger partial charge in [0.15, 0.2) is 6.29 Å². The van der Waals surface area contributed by atoms with Crippen LogP contribution in [0.15, 0.2) is 12.2 Å². The summed E-state index contributed by atoms with van der Waals surface area (Å²) < 4.78 is 0. The molecule has 0 spiro atoms. The van der Waals surface area contributed by atoms with Gasteiger partial charge in [0.25, 0.3) is 0 Å². The lowest BCUT2D eigenvalue weighted by Crippen LogP contribution is -2.22. The third kappa shape index (κ3) is 1.80. The summed E-state index contributed by atoms with van der Waals surface area (Å²) in [5, 5.41) is 26.3. The number of aliphatic hydroxyl groups is 3. The summed E-state index contributed by atoms with van der Waals surface area (Å²) in [5.74, 6) is -0.191. The minimum absolute atomic E-state index is 0.191. The minimum Gasteiger partial charge on any atom is -0.389 e. The van der Waals surface area contributed by atoms with E-state index < -0.39 is 12.4 Å². The van der Waals surface area contributed by atoms with E-state index in [1.54, 1.807) is 12.2 Å². The Morgan fingerprint density at radius 1 is 1.20 bits per heavy atom. The van der Waals surface area contributed by atoms with Gasteiger partial charge >= 0.3 is 0 Å². The summed E-state index contributed by atoms with van der Waals surface area (Å²) in [4.78, 5) is 0. The number of rotatable bonds is 1. The molecule has 0 aromatic heterocycles. The summed E-state index contributed by atoms with van der Waals surface area (Å²) in [6.07, 6.45) is 2.86. The number of aliphatic hydroxyl groups excluding tert-OH is 2. The molecule has 10 heavy (non-hydrogen) atoms. The Labute approximate surface area is 59.6 Å². The Kier molecular flexibility index (Phi) is 2.43. The molecular formula is C7H12O3. The molecule has 2 atom stereocenters. The highest BCUT2D eigenvalue weighted by Gasteiger charge is 2.18. The highest BCUT2D eigenvalue weighted by molar-refractivity contribution is 4.98. The van der Waals surface area contributed by atoms with E-state index in [9.17, 15) is 0 Å². The van der Waals surface area contributed by atoms with E-state index in [4.69, 9.17) is 15.3 Å². The van der Waals surface area contributed by atoms with E-state index in [1.807, 2.05) is 0 Å². The average Bonchev–Trinajstić information content (AvgIpc) is 1.88. The van der Waals surface area contributed by atoms with E-state index in [1.165, 1.54) is 0 Å². The molecule has 0 aromatic carbocycles. The molecule has 0 aliphatic heterocycles. The lowest BCUT2D eigenvalue weighted by Gasteiger charge is -2.20. The van der Waals surface area contributed by atoms with Crippen molar-refractivity contribution in [3.8, 4) is 0 Å². The maximum Gasteiger partial charge on any atom is 0.157 e. The van der Waals surface area contributed by atoms with Gasteiger partial charge in [0, 0.05) is 5.92 Å². The van der Waals surface area contributed by atoms with E-state index >= 15 is 0 Å². The van der Waals surface area contributed by atoms with Gasteiger partial charge in [0.1, 0.15) is 0 Å². The van der Waals surface area contributed by atoms with Crippen molar-refractivity contribution in [3.63, 3.8) is 0 Å². The number of hydrogen-bond acceptors (Lipinski definition) is 3. The lowest BCUT2D eigenvalue weighted by molar-refractivity contribution is -0.0753. The van der Waals surface area contributed by atoms with Gasteiger partial charge in [0.05, 0.1) is 6.10 Å². The van der Waals surface area contributed by atoms with Crippen LogP contribution in [0.4, 0.5) is 0 Å². The van der Waals surface area contributed by atoms with Crippen molar-refractivity contribution in [3.05, 3.63) is 12.2 Å². The summed E-state index contributed by atoms with van der Waals surface area (Å²) in [6, 6.07) is 0. The molecular weight excluding hydrogens is 132 g/mol. The molecule has 1 rings (SSSR count). The number of hydrogen-bond donors (Lipinski definition) is 3. The van der Waals surface area contributed by atoms with Crippen molar-refractivity contribution in [1.29, 1.82) is 0 Å². The van der Waals surface area contributed by atoms with Gasteiger partial charge in [-0.05, 0) is 12.8 Å². The summed E-state index contributed by atoms with van der Waals surface area (Å²) in [7, 11) is 0. The van der Waals surface area contributed by atoms with Crippen LogP contribution in [0.25, 0.3) is 0 Å². The first-order valence-corrected chi connectivity index (χ1v) is 3.42. The monoisotopic (exact) mass is 144 g/mol. The third-order valence-corrected chi connectivity index (χ3v) is 1.76. The molecule has 2 unspecified atom stereocenters. The van der Waals surface area contributed by atoms with Crippen LogP contribution in [0.1, 0.15) is 12.8 Å². The lowest BCUT2D eigenvalue weighted by atomic mass is 9.94. The Hall–Kier alpha value is -0.380. The van der Waals surface area contributed by atoms with Gasteiger partial charge < -0.3 is 15.3 Å². The SMILES string of the molecule is OC1C=CC(C(O)O)CC1. The quantitative estimate of drug-likeness (QED) is 0.347. The molecule has 0 amide bonds. The minimum atomic E-state index is -1.27. The van der Waals surface area contributed by atoms with Crippen LogP contribution in [0.5, 0.6) is 0 Å². The van der Waals surface area contributed by atoms with Crippen molar-refractivity contribution in [2.45, 2.75) is 25.2 Å². The molecule has 0 fully saturated rings. The predicted octanol–water partition coefficient (Wildman–Crippen LogP) is -0.376. The molecule has 1 aliphatic carbocycles. The molecule has 0 heterocycles. The van der Waals surface area contributed by atoms with E-state index in [-0.39, 0.29) is 5.92 Å². The fourth-order valence-corrected chi connectivity index (χ4v) is 1.08. The smallest absolute Gasteiger partial charge is 0.157 e. The molecule has 3 heteroatoms. The molecule has 0 bridgehead atoms. The molecule has 0 radical (unpaired) electrons. The molecule has 0 saturated heterocycles. The van der Waals surface area contributed by atoms with Crippen LogP contribution >= 0.6 is 0 Å². The van der Waals surface area contributed by atoms with Crippen LogP contribution in [0, 0.1) is 5.92 Å². The summed E-state index contributed by atoms with van der Waals surface area (Å²) >= 11 is 0. The second-order valence-corrected chi connectivity index (χ2v) is 2.61. The van der Waals surface area contributed by atoms with Gasteiger partial charge in [-0.3, -0.25) is 0 Å². The van der Waals surface area contributed by atoms with Crippen molar-refractivity contribution < 1.29 is 15.3 Å². The van der Waals surface area contributed by atoms with Crippen molar-refractivity contribution in [2.75, 3.05) is 0 Å². The zero-order valence-electron chi connectivity index (χ0n) is 5.64. The zero-order valence-corrected chi connectivity index (χ0v) is 5.64. The second-order valence-electron chi connectivity index (χ2n) is 2.61. The molecule has 58 valence electrons. The highest BCUT2D eigenvalue weighted by Crippen LogP contribution is 2.19. The maximum absolute atomic E-state index is 8.96. The third-order valence-electron chi connectivity index (χ3n) is 1.76. The Morgan fingerprint density at radius 3 is 2.30 bits per heavy atom. The predicted molar refractivity (Wildman–Crippen MR) is 36.1 cm³/mol. The van der Waals surface area contributed by atoms with Crippen LogP contribution in [-0.2, 0) is 0 Å². The highest BCUT2D eigenvalue weighted by atomic mass is 16.5. The average molecular weight is 144 g/mol. The van der Waals surface area contributed by atoms with Crippen LogP contribution < -0.4 is 0 Å². The largest absolute Gasteiger partial charge is 0.389 e. The fraction of sp³-hybridized carbons (Fsp3) is 0.714. The van der Waals surface area contributed by atoms with Crippen molar-refractivity contribution in [2.24, 2.45) is 5.92 Å². The van der Waals surface area contributed by atoms with Gasteiger partial charge in [-0.1, -0.05) is 12.2 Å². The summed E-state index contributed by atoms with van der Waals surface area (Å²) in [6.45, 7) is 0. The topological polar surface area (TPSA) is 60.7 Å². The Morgan fingerprint density at radius 2 is 1.90 bits per heavy atom. The van der Waals surface area contributed by atoms with Gasteiger partial charge in [-0.2, -0.15) is 0 Å². The molecule has 0 saturated carbocycles. The molecule has 0 aromatic rings. The van der Waals surface area contributed by atoms with E-state index in [2.05, 4.69) is 0 Å². The van der Waals surface area contributed by atoms with Crippen molar-refractivity contribution in [1.82, 2.24) is 0 Å². The first kappa shape index (κ1) is 7.72. The van der Waals surface area contributed by atoms with Gasteiger partial charge in [-0.15, -0.1) is 0 Å². The Balaban J connectivity index is 2.45. The molecule has 1 aliphatic rings. The van der Waals surface area contributed by atoms with Crippen LogP contribution in [0.2, 0.25) is 0 Å². The molecule has 3 N–H and O–H groups in total. The normalized spacial score (nSPS) is 33.2. The Bertz CT molecular complexity index is 131. The van der Waals surface area contributed by atoms with Crippen molar-refractivity contribution >= 4 is 0 Å². The first-order chi connectivity index (χ1) is 4.70. The van der Waals surface area contributed by atoms with Gasteiger partial charge in [0.2, 0.25) is 0 Å². The first-order valence-electron chi connectivity index (χ1n) is 3.42. The van der Waals surface area contributed by atoms with Crippen LogP contribution in [-0.4, -0.2) is 27.7 Å². The summed E-state index contributed by atoms with van der Waals surface area (Å²) in [5.41, 5.74) is 0. The zero-order chi connectivity index (χ0) is 7.56.